The molecule has 0 bridgehead atoms. The Hall–Kier alpha value is -1.39. The van der Waals surface area contributed by atoms with Crippen LogP contribution in [0.5, 0.6) is 0 Å². The van der Waals surface area contributed by atoms with Crippen molar-refractivity contribution in [1.82, 2.24) is 0 Å². The van der Waals surface area contributed by atoms with Crippen LogP contribution in [0.1, 0.15) is 32.8 Å². The van der Waals surface area contributed by atoms with Gasteiger partial charge in [0.2, 0.25) is 0 Å². The number of aromatic carboxylic acids is 1. The molecule has 1 aliphatic carbocycles. The summed E-state index contributed by atoms with van der Waals surface area (Å²) in [5.41, 5.74) is 3.57. The Morgan fingerprint density at radius 3 is 2.78 bits per heavy atom. The number of aryl methyl sites for hydroxylation is 2. The lowest BCUT2D eigenvalue weighted by Crippen LogP contribution is -1.98. The topological polar surface area (TPSA) is 46.5 Å². The maximum Gasteiger partial charge on any atom is 0.346 e. The molecular formula is C14H14O3S. The molecule has 0 radical (unpaired) electrons. The van der Waals surface area contributed by atoms with Gasteiger partial charge in [-0.3, -0.25) is 0 Å². The van der Waals surface area contributed by atoms with Crippen molar-refractivity contribution in [2.45, 2.75) is 25.9 Å². The Bertz CT molecular complexity index is 627. The average molecular weight is 262 g/mol. The number of hydrogen-bond donors (Lipinski definition) is 1. The summed E-state index contributed by atoms with van der Waals surface area (Å²) in [6.45, 7) is 0.362. The summed E-state index contributed by atoms with van der Waals surface area (Å²) in [6, 6.07) is 4.32. The van der Waals surface area contributed by atoms with E-state index in [1.165, 1.54) is 28.9 Å². The summed E-state index contributed by atoms with van der Waals surface area (Å²) < 4.78 is 6.22. The third kappa shape index (κ3) is 1.72. The van der Waals surface area contributed by atoms with Crippen LogP contribution >= 0.6 is 11.3 Å². The number of benzene rings is 1. The van der Waals surface area contributed by atoms with Crippen molar-refractivity contribution in [3.63, 3.8) is 0 Å². The van der Waals surface area contributed by atoms with Crippen LogP contribution in [0.25, 0.3) is 10.1 Å². The van der Waals surface area contributed by atoms with E-state index in [9.17, 15) is 9.90 Å². The Morgan fingerprint density at radius 1 is 1.39 bits per heavy atom. The first-order valence-electron chi connectivity index (χ1n) is 6.00. The molecule has 3 nitrogen and oxygen atoms in total. The van der Waals surface area contributed by atoms with Gasteiger partial charge in [-0.15, -0.1) is 11.3 Å². The molecule has 94 valence electrons. The van der Waals surface area contributed by atoms with Gasteiger partial charge in [-0.25, -0.2) is 4.79 Å². The minimum Gasteiger partial charge on any atom is -0.477 e. The maximum atomic E-state index is 11.3. The third-order valence-electron chi connectivity index (χ3n) is 3.49. The van der Waals surface area contributed by atoms with E-state index in [-0.39, 0.29) is 0 Å². The number of carbonyl (C=O) groups is 1. The summed E-state index contributed by atoms with van der Waals surface area (Å²) in [5, 5.41) is 10.3. The lowest BCUT2D eigenvalue weighted by molar-refractivity contribution is 0.0698. The molecule has 1 aromatic carbocycles. The second-order valence-electron chi connectivity index (χ2n) is 4.62. The van der Waals surface area contributed by atoms with Gasteiger partial charge in [0.1, 0.15) is 4.88 Å². The summed E-state index contributed by atoms with van der Waals surface area (Å²) in [5.74, 6) is -0.858. The van der Waals surface area contributed by atoms with Crippen LogP contribution in [0.15, 0.2) is 12.1 Å². The molecule has 2 aromatic rings. The minimum atomic E-state index is -0.858. The second-order valence-corrected chi connectivity index (χ2v) is 5.67. The highest BCUT2D eigenvalue weighted by molar-refractivity contribution is 7.21. The molecule has 0 unspecified atom stereocenters. The molecule has 0 amide bonds. The van der Waals surface area contributed by atoms with E-state index in [4.69, 9.17) is 4.74 Å². The normalized spacial score (nSPS) is 14.1. The van der Waals surface area contributed by atoms with Crippen LogP contribution in [0.2, 0.25) is 0 Å². The summed E-state index contributed by atoms with van der Waals surface area (Å²) in [7, 11) is 1.60. The highest BCUT2D eigenvalue weighted by Gasteiger charge is 2.20. The van der Waals surface area contributed by atoms with Gasteiger partial charge in [-0.05, 0) is 47.9 Å². The van der Waals surface area contributed by atoms with Crippen molar-refractivity contribution < 1.29 is 14.6 Å². The summed E-state index contributed by atoms with van der Waals surface area (Å²) >= 11 is 1.36. The first-order chi connectivity index (χ1) is 8.70. The van der Waals surface area contributed by atoms with Crippen molar-refractivity contribution in [3.05, 3.63) is 33.7 Å². The Kier molecular flexibility index (Phi) is 2.84. The van der Waals surface area contributed by atoms with Crippen LogP contribution in [-0.4, -0.2) is 18.2 Å². The van der Waals surface area contributed by atoms with Crippen LogP contribution < -0.4 is 0 Å². The highest BCUT2D eigenvalue weighted by atomic mass is 32.1. The minimum absolute atomic E-state index is 0.362. The van der Waals surface area contributed by atoms with Crippen molar-refractivity contribution in [2.24, 2.45) is 0 Å². The highest BCUT2D eigenvalue weighted by Crippen LogP contribution is 2.36. The monoisotopic (exact) mass is 262 g/mol. The van der Waals surface area contributed by atoms with Gasteiger partial charge in [0, 0.05) is 17.4 Å². The fourth-order valence-corrected chi connectivity index (χ4v) is 3.77. The van der Waals surface area contributed by atoms with Crippen molar-refractivity contribution in [1.29, 1.82) is 0 Å². The number of thiophene rings is 1. The number of methoxy groups -OCH3 is 1. The van der Waals surface area contributed by atoms with Gasteiger partial charge >= 0.3 is 5.97 Å². The van der Waals surface area contributed by atoms with E-state index in [1.807, 2.05) is 0 Å². The average Bonchev–Trinajstić information content (AvgIpc) is 2.91. The van der Waals surface area contributed by atoms with Crippen LogP contribution in [0, 0.1) is 0 Å². The number of hydrogen-bond acceptors (Lipinski definition) is 3. The quantitative estimate of drug-likeness (QED) is 0.923. The second kappa shape index (κ2) is 4.37. The summed E-state index contributed by atoms with van der Waals surface area (Å²) in [4.78, 5) is 11.7. The predicted octanol–water partition coefficient (Wildman–Crippen LogP) is 3.23. The lowest BCUT2D eigenvalue weighted by atomic mass is 10.0. The van der Waals surface area contributed by atoms with Crippen molar-refractivity contribution >= 4 is 27.4 Å². The maximum absolute atomic E-state index is 11.3. The number of carboxylic acid groups (broad SMARTS) is 1. The number of carboxylic acids is 1. The lowest BCUT2D eigenvalue weighted by Gasteiger charge is -2.02. The molecule has 18 heavy (non-hydrogen) atoms. The van der Waals surface area contributed by atoms with Crippen molar-refractivity contribution in [2.75, 3.05) is 7.11 Å². The number of ether oxygens (including phenoxy) is 1. The molecule has 1 heterocycles. The van der Waals surface area contributed by atoms with Gasteiger partial charge in [0.25, 0.3) is 0 Å². The van der Waals surface area contributed by atoms with E-state index in [0.29, 0.717) is 11.5 Å². The van der Waals surface area contributed by atoms with Crippen LogP contribution in [-0.2, 0) is 24.2 Å². The van der Waals surface area contributed by atoms with Crippen molar-refractivity contribution in [3.8, 4) is 0 Å². The van der Waals surface area contributed by atoms with E-state index in [0.717, 1.165) is 28.5 Å². The fraction of sp³-hybridized carbons (Fsp3) is 0.357. The standard InChI is InChI=1S/C14H14O3S/c1-17-7-11-10-5-8-3-2-4-9(8)6-12(10)18-13(11)14(15)16/h5-6H,2-4,7H2,1H3,(H,15,16). The van der Waals surface area contributed by atoms with E-state index < -0.39 is 5.97 Å². The summed E-state index contributed by atoms with van der Waals surface area (Å²) in [6.07, 6.45) is 3.43. The van der Waals surface area contributed by atoms with Crippen LogP contribution in [0.4, 0.5) is 0 Å². The molecule has 0 atom stereocenters. The zero-order valence-corrected chi connectivity index (χ0v) is 11.0. The molecule has 0 saturated heterocycles. The predicted molar refractivity (Wildman–Crippen MR) is 71.5 cm³/mol. The molecule has 0 spiro atoms. The van der Waals surface area contributed by atoms with E-state index in [1.54, 1.807) is 7.11 Å². The smallest absolute Gasteiger partial charge is 0.346 e. The number of rotatable bonds is 3. The number of fused-ring (bicyclic) bond motifs is 2. The van der Waals surface area contributed by atoms with Gasteiger partial charge in [-0.2, -0.15) is 0 Å². The molecule has 0 fully saturated rings. The molecule has 4 heteroatoms. The first-order valence-corrected chi connectivity index (χ1v) is 6.81. The van der Waals surface area contributed by atoms with Gasteiger partial charge in [-0.1, -0.05) is 0 Å². The largest absolute Gasteiger partial charge is 0.477 e. The Labute approximate surface area is 109 Å². The van der Waals surface area contributed by atoms with Gasteiger partial charge in [0.15, 0.2) is 0 Å². The Morgan fingerprint density at radius 2 is 2.11 bits per heavy atom. The molecular weight excluding hydrogens is 248 g/mol. The zero-order valence-electron chi connectivity index (χ0n) is 10.2. The SMILES string of the molecule is COCc1c(C(=O)O)sc2cc3c(cc12)CCC3. The first kappa shape index (κ1) is 11.7. The van der Waals surface area contributed by atoms with E-state index >= 15 is 0 Å². The van der Waals surface area contributed by atoms with E-state index in [2.05, 4.69) is 12.1 Å². The molecule has 0 saturated carbocycles. The zero-order chi connectivity index (χ0) is 12.7. The van der Waals surface area contributed by atoms with Gasteiger partial charge in [0.05, 0.1) is 6.61 Å². The fourth-order valence-electron chi connectivity index (χ4n) is 2.68. The molecule has 0 aliphatic heterocycles. The molecule has 1 N–H and O–H groups in total. The molecule has 1 aromatic heterocycles. The molecule has 1 aliphatic rings. The third-order valence-corrected chi connectivity index (χ3v) is 4.67. The van der Waals surface area contributed by atoms with Crippen LogP contribution in [0.3, 0.4) is 0 Å². The Balaban J connectivity index is 2.25. The van der Waals surface area contributed by atoms with Gasteiger partial charge < -0.3 is 9.84 Å². The molecule has 3 rings (SSSR count).